The Bertz CT molecular complexity index is 1290. The average Bonchev–Trinajstić information content (AvgIpc) is 3.36. The number of amides is 1. The molecule has 3 aromatic rings. The Morgan fingerprint density at radius 3 is 2.57 bits per heavy atom. The number of ether oxygens (including phenoxy) is 3. The average molecular weight is 475 g/mol. The third-order valence-corrected chi connectivity index (χ3v) is 5.20. The highest BCUT2D eigenvalue weighted by Gasteiger charge is 2.14. The Morgan fingerprint density at radius 1 is 1.09 bits per heavy atom. The molecule has 8 heteroatoms. The smallest absolute Gasteiger partial charge is 0.349 e. The van der Waals surface area contributed by atoms with Crippen LogP contribution in [0, 0.1) is 32.1 Å². The summed E-state index contributed by atoms with van der Waals surface area (Å²) in [6.07, 6.45) is 2.91. The summed E-state index contributed by atoms with van der Waals surface area (Å²) in [6.45, 7) is 5.75. The molecule has 1 amide bonds. The molecule has 0 atom stereocenters. The van der Waals surface area contributed by atoms with Gasteiger partial charge < -0.3 is 23.9 Å². The lowest BCUT2D eigenvalue weighted by Crippen LogP contribution is -2.23. The lowest BCUT2D eigenvalue weighted by molar-refractivity contribution is -0.136. The quantitative estimate of drug-likeness (QED) is 0.211. The standard InChI is InChI=1S/C27H26N2O6/c1-17-10-18(2)19(3)24(11-17)34-16-26(30)35-23-8-7-20(13-25(23)32-4)12-21(14-28)27(31)29-15-22-6-5-9-33-22/h5-13H,15-16H2,1-4H3,(H,29,31)/b21-12+. The van der Waals surface area contributed by atoms with E-state index in [2.05, 4.69) is 5.32 Å². The van der Waals surface area contributed by atoms with E-state index in [1.165, 1.54) is 25.5 Å². The number of carbonyl (C=O) groups is 2. The molecule has 0 aliphatic carbocycles. The van der Waals surface area contributed by atoms with Gasteiger partial charge in [0.15, 0.2) is 18.1 Å². The fourth-order valence-corrected chi connectivity index (χ4v) is 3.29. The van der Waals surface area contributed by atoms with Crippen LogP contribution in [0.2, 0.25) is 0 Å². The molecule has 0 fully saturated rings. The molecule has 0 radical (unpaired) electrons. The summed E-state index contributed by atoms with van der Waals surface area (Å²) in [5.74, 6) is 0.512. The molecule has 0 saturated carbocycles. The third-order valence-electron chi connectivity index (χ3n) is 5.20. The first-order valence-corrected chi connectivity index (χ1v) is 10.8. The Hall–Kier alpha value is -4.51. The summed E-state index contributed by atoms with van der Waals surface area (Å²) < 4.78 is 21.6. The van der Waals surface area contributed by atoms with E-state index in [1.54, 1.807) is 24.3 Å². The number of methoxy groups -OCH3 is 1. The number of carbonyl (C=O) groups excluding carboxylic acids is 2. The highest BCUT2D eigenvalue weighted by molar-refractivity contribution is 6.01. The highest BCUT2D eigenvalue weighted by Crippen LogP contribution is 2.29. The fraction of sp³-hybridized carbons (Fsp3) is 0.222. The summed E-state index contributed by atoms with van der Waals surface area (Å²) >= 11 is 0. The molecule has 0 aliphatic heterocycles. The van der Waals surface area contributed by atoms with Gasteiger partial charge in [-0.2, -0.15) is 5.26 Å². The Morgan fingerprint density at radius 2 is 1.89 bits per heavy atom. The second kappa shape index (κ2) is 11.6. The summed E-state index contributed by atoms with van der Waals surface area (Å²) in [5, 5.41) is 12.0. The number of nitrogens with zero attached hydrogens (tertiary/aromatic N) is 1. The van der Waals surface area contributed by atoms with Crippen LogP contribution in [0.4, 0.5) is 0 Å². The summed E-state index contributed by atoms with van der Waals surface area (Å²) in [4.78, 5) is 24.7. The maximum absolute atomic E-state index is 12.4. The van der Waals surface area contributed by atoms with Gasteiger partial charge >= 0.3 is 5.97 Å². The van der Waals surface area contributed by atoms with Gasteiger partial charge in [-0.3, -0.25) is 4.79 Å². The van der Waals surface area contributed by atoms with E-state index in [-0.39, 0.29) is 30.2 Å². The van der Waals surface area contributed by atoms with Gasteiger partial charge in [-0.15, -0.1) is 0 Å². The van der Waals surface area contributed by atoms with E-state index in [1.807, 2.05) is 39.0 Å². The normalized spacial score (nSPS) is 10.9. The van der Waals surface area contributed by atoms with Gasteiger partial charge in [0.25, 0.3) is 5.91 Å². The lowest BCUT2D eigenvalue weighted by Gasteiger charge is -2.13. The van der Waals surface area contributed by atoms with E-state index >= 15 is 0 Å². The second-order valence-electron chi connectivity index (χ2n) is 7.81. The molecule has 35 heavy (non-hydrogen) atoms. The van der Waals surface area contributed by atoms with Crippen LogP contribution in [0.25, 0.3) is 6.08 Å². The van der Waals surface area contributed by atoms with Crippen LogP contribution in [-0.4, -0.2) is 25.6 Å². The van der Waals surface area contributed by atoms with Crippen LogP contribution in [-0.2, 0) is 16.1 Å². The zero-order chi connectivity index (χ0) is 25.4. The van der Waals surface area contributed by atoms with Gasteiger partial charge in [0.05, 0.1) is 19.9 Å². The van der Waals surface area contributed by atoms with Gasteiger partial charge in [-0.1, -0.05) is 12.1 Å². The van der Waals surface area contributed by atoms with Crippen molar-refractivity contribution in [3.05, 3.63) is 82.3 Å². The number of hydrogen-bond acceptors (Lipinski definition) is 7. The van der Waals surface area contributed by atoms with E-state index in [0.29, 0.717) is 17.1 Å². The molecule has 0 saturated heterocycles. The number of nitriles is 1. The predicted octanol–water partition coefficient (Wildman–Crippen LogP) is 4.42. The summed E-state index contributed by atoms with van der Waals surface area (Å²) in [5.41, 5.74) is 3.49. The van der Waals surface area contributed by atoms with E-state index < -0.39 is 11.9 Å². The molecule has 2 aromatic carbocycles. The first-order chi connectivity index (χ1) is 16.8. The summed E-state index contributed by atoms with van der Waals surface area (Å²) in [7, 11) is 1.43. The number of furan rings is 1. The van der Waals surface area contributed by atoms with Crippen LogP contribution in [0.1, 0.15) is 28.0 Å². The molecule has 1 aromatic heterocycles. The van der Waals surface area contributed by atoms with Crippen molar-refractivity contribution in [2.45, 2.75) is 27.3 Å². The molecule has 0 spiro atoms. The molecular formula is C27H26N2O6. The lowest BCUT2D eigenvalue weighted by atomic mass is 10.1. The van der Waals surface area contributed by atoms with Gasteiger partial charge in [-0.05, 0) is 79.4 Å². The Labute approximate surface area is 203 Å². The van der Waals surface area contributed by atoms with Crippen molar-refractivity contribution in [3.8, 4) is 23.3 Å². The Balaban J connectivity index is 1.66. The molecule has 0 unspecified atom stereocenters. The van der Waals surface area contributed by atoms with E-state index in [4.69, 9.17) is 18.6 Å². The number of hydrogen-bond donors (Lipinski definition) is 1. The molecule has 1 N–H and O–H groups in total. The van der Waals surface area contributed by atoms with Crippen molar-refractivity contribution >= 4 is 18.0 Å². The number of esters is 1. The number of aryl methyl sites for hydroxylation is 2. The molecule has 3 rings (SSSR count). The molecule has 0 bridgehead atoms. The zero-order valence-electron chi connectivity index (χ0n) is 20.0. The van der Waals surface area contributed by atoms with Gasteiger partial charge in [0.2, 0.25) is 0 Å². The monoisotopic (exact) mass is 474 g/mol. The van der Waals surface area contributed by atoms with Crippen LogP contribution >= 0.6 is 0 Å². The minimum atomic E-state index is -0.597. The Kier molecular flexibility index (Phi) is 8.30. The minimum absolute atomic E-state index is 0.0967. The van der Waals surface area contributed by atoms with Gasteiger partial charge in [0.1, 0.15) is 23.2 Å². The first-order valence-electron chi connectivity index (χ1n) is 10.8. The number of rotatable bonds is 9. The molecule has 8 nitrogen and oxygen atoms in total. The number of nitrogens with one attached hydrogen (secondary N) is 1. The molecular weight excluding hydrogens is 448 g/mol. The largest absolute Gasteiger partial charge is 0.493 e. The van der Waals surface area contributed by atoms with Crippen molar-refractivity contribution in [1.29, 1.82) is 5.26 Å². The van der Waals surface area contributed by atoms with Gasteiger partial charge in [0, 0.05) is 0 Å². The minimum Gasteiger partial charge on any atom is -0.493 e. The highest BCUT2D eigenvalue weighted by atomic mass is 16.6. The van der Waals surface area contributed by atoms with Crippen molar-refractivity contribution in [2.75, 3.05) is 13.7 Å². The van der Waals surface area contributed by atoms with Crippen LogP contribution < -0.4 is 19.5 Å². The predicted molar refractivity (Wildman–Crippen MR) is 129 cm³/mol. The molecule has 0 aliphatic rings. The summed E-state index contributed by atoms with van der Waals surface area (Å²) in [6, 6.07) is 13.9. The van der Waals surface area contributed by atoms with Gasteiger partial charge in [-0.25, -0.2) is 4.79 Å². The maximum atomic E-state index is 12.4. The zero-order valence-corrected chi connectivity index (χ0v) is 20.0. The first kappa shape index (κ1) is 25.1. The molecule has 1 heterocycles. The van der Waals surface area contributed by atoms with Crippen molar-refractivity contribution in [3.63, 3.8) is 0 Å². The fourth-order valence-electron chi connectivity index (χ4n) is 3.29. The number of benzene rings is 2. The van der Waals surface area contributed by atoms with Crippen molar-refractivity contribution in [2.24, 2.45) is 0 Å². The third kappa shape index (κ3) is 6.74. The van der Waals surface area contributed by atoms with Crippen molar-refractivity contribution < 1.29 is 28.2 Å². The van der Waals surface area contributed by atoms with Crippen LogP contribution in [0.3, 0.4) is 0 Å². The molecule has 180 valence electrons. The van der Waals surface area contributed by atoms with Crippen LogP contribution in [0.15, 0.2) is 58.7 Å². The second-order valence-corrected chi connectivity index (χ2v) is 7.81. The topological polar surface area (TPSA) is 111 Å². The SMILES string of the molecule is COc1cc(/C=C(\C#N)C(=O)NCc2ccco2)ccc1OC(=O)COc1cc(C)cc(C)c1C. The maximum Gasteiger partial charge on any atom is 0.349 e. The van der Waals surface area contributed by atoms with E-state index in [9.17, 15) is 14.9 Å². The van der Waals surface area contributed by atoms with Crippen LogP contribution in [0.5, 0.6) is 17.2 Å². The van der Waals surface area contributed by atoms with Crippen molar-refractivity contribution in [1.82, 2.24) is 5.32 Å². The van der Waals surface area contributed by atoms with E-state index in [0.717, 1.165) is 16.7 Å².